The molecule has 0 saturated heterocycles. The third-order valence-electron chi connectivity index (χ3n) is 4.52. The number of nitrogens with one attached hydrogen (secondary N) is 1. The van der Waals surface area contributed by atoms with Gasteiger partial charge in [-0.1, -0.05) is 44.2 Å². The lowest BCUT2D eigenvalue weighted by molar-refractivity contribution is -0.147. The van der Waals surface area contributed by atoms with Crippen LogP contribution in [0.3, 0.4) is 0 Å². The van der Waals surface area contributed by atoms with Crippen LogP contribution in [-0.2, 0) is 20.7 Å². The quantitative estimate of drug-likeness (QED) is 0.669. The number of rotatable bonds is 9. The van der Waals surface area contributed by atoms with E-state index in [4.69, 9.17) is 9.47 Å². The van der Waals surface area contributed by atoms with Crippen molar-refractivity contribution in [1.29, 1.82) is 0 Å². The van der Waals surface area contributed by atoms with Crippen molar-refractivity contribution < 1.29 is 19.1 Å². The van der Waals surface area contributed by atoms with Gasteiger partial charge in [0.2, 0.25) is 0 Å². The van der Waals surface area contributed by atoms with Gasteiger partial charge in [-0.15, -0.1) is 0 Å². The summed E-state index contributed by atoms with van der Waals surface area (Å²) in [5.74, 6) is 0.393. The van der Waals surface area contributed by atoms with E-state index >= 15 is 0 Å². The molecule has 0 aromatic heterocycles. The minimum atomic E-state index is -0.392. The van der Waals surface area contributed by atoms with Gasteiger partial charge in [-0.2, -0.15) is 0 Å². The fourth-order valence-corrected chi connectivity index (χ4v) is 2.70. The van der Waals surface area contributed by atoms with Crippen molar-refractivity contribution in [2.45, 2.75) is 39.0 Å². The Hall–Kier alpha value is -2.82. The molecule has 0 bridgehead atoms. The van der Waals surface area contributed by atoms with E-state index in [0.29, 0.717) is 12.3 Å². The van der Waals surface area contributed by atoms with E-state index in [1.807, 2.05) is 48.5 Å². The highest BCUT2D eigenvalue weighted by Gasteiger charge is 2.12. The summed E-state index contributed by atoms with van der Waals surface area (Å²) in [7, 11) is 1.61. The SMILES string of the molecule is CC[C@H](C)c1ccccc1NC(=O)COC(=O)CCc1ccc(OC)cc1. The van der Waals surface area contributed by atoms with Crippen molar-refractivity contribution in [3.63, 3.8) is 0 Å². The first-order chi connectivity index (χ1) is 13.0. The van der Waals surface area contributed by atoms with Crippen LogP contribution in [0.5, 0.6) is 5.75 Å². The smallest absolute Gasteiger partial charge is 0.306 e. The molecule has 1 atom stereocenters. The van der Waals surface area contributed by atoms with E-state index in [1.54, 1.807) is 7.11 Å². The lowest BCUT2D eigenvalue weighted by Gasteiger charge is -2.15. The number of hydrogen-bond donors (Lipinski definition) is 1. The van der Waals surface area contributed by atoms with Crippen LogP contribution in [-0.4, -0.2) is 25.6 Å². The number of carbonyl (C=O) groups excluding carboxylic acids is 2. The Kier molecular flexibility index (Phi) is 7.86. The van der Waals surface area contributed by atoms with Crippen LogP contribution >= 0.6 is 0 Å². The Balaban J connectivity index is 1.79. The maximum Gasteiger partial charge on any atom is 0.306 e. The van der Waals surface area contributed by atoms with E-state index < -0.39 is 5.97 Å². The van der Waals surface area contributed by atoms with Gasteiger partial charge in [0, 0.05) is 12.1 Å². The average Bonchev–Trinajstić information content (AvgIpc) is 2.71. The zero-order chi connectivity index (χ0) is 19.6. The van der Waals surface area contributed by atoms with Crippen LogP contribution in [0.2, 0.25) is 0 Å². The van der Waals surface area contributed by atoms with E-state index in [0.717, 1.165) is 29.0 Å². The lowest BCUT2D eigenvalue weighted by Crippen LogP contribution is -2.21. The molecule has 0 saturated carbocycles. The Bertz CT molecular complexity index is 755. The van der Waals surface area contributed by atoms with Crippen LogP contribution in [0.25, 0.3) is 0 Å². The minimum absolute atomic E-state index is 0.225. The van der Waals surface area contributed by atoms with E-state index in [1.165, 1.54) is 0 Å². The summed E-state index contributed by atoms with van der Waals surface area (Å²) in [6.07, 6.45) is 1.76. The van der Waals surface area contributed by atoms with Crippen LogP contribution in [0.1, 0.15) is 43.7 Å². The van der Waals surface area contributed by atoms with Crippen molar-refractivity contribution in [1.82, 2.24) is 0 Å². The second-order valence-electron chi connectivity index (χ2n) is 6.45. The second-order valence-corrected chi connectivity index (χ2v) is 6.45. The maximum absolute atomic E-state index is 12.1. The second kappa shape index (κ2) is 10.4. The van der Waals surface area contributed by atoms with Gasteiger partial charge in [0.15, 0.2) is 6.61 Å². The predicted octanol–water partition coefficient (Wildman–Crippen LogP) is 4.32. The zero-order valence-electron chi connectivity index (χ0n) is 16.2. The van der Waals surface area contributed by atoms with Crippen molar-refractivity contribution >= 4 is 17.6 Å². The van der Waals surface area contributed by atoms with Crippen LogP contribution < -0.4 is 10.1 Å². The number of para-hydroxylation sites is 1. The van der Waals surface area contributed by atoms with Crippen LogP contribution in [0.4, 0.5) is 5.69 Å². The Labute approximate surface area is 160 Å². The molecule has 0 unspecified atom stereocenters. The Morgan fingerprint density at radius 2 is 1.78 bits per heavy atom. The van der Waals surface area contributed by atoms with Gasteiger partial charge in [0.25, 0.3) is 5.91 Å². The molecule has 5 nitrogen and oxygen atoms in total. The van der Waals surface area contributed by atoms with Gasteiger partial charge >= 0.3 is 5.97 Å². The molecular formula is C22H27NO4. The van der Waals surface area contributed by atoms with Crippen LogP contribution in [0, 0.1) is 0 Å². The summed E-state index contributed by atoms with van der Waals surface area (Å²) in [6.45, 7) is 3.94. The monoisotopic (exact) mass is 369 g/mol. The highest BCUT2D eigenvalue weighted by molar-refractivity contribution is 5.93. The van der Waals surface area contributed by atoms with E-state index in [2.05, 4.69) is 19.2 Å². The van der Waals surface area contributed by atoms with E-state index in [-0.39, 0.29) is 18.9 Å². The highest BCUT2D eigenvalue weighted by Crippen LogP contribution is 2.26. The Morgan fingerprint density at radius 3 is 2.44 bits per heavy atom. The molecule has 1 N–H and O–H groups in total. The molecule has 0 spiro atoms. The third-order valence-corrected chi connectivity index (χ3v) is 4.52. The molecule has 0 radical (unpaired) electrons. The van der Waals surface area contributed by atoms with Gasteiger partial charge in [-0.05, 0) is 48.1 Å². The number of benzene rings is 2. The third kappa shape index (κ3) is 6.44. The molecule has 0 aliphatic carbocycles. The van der Waals surface area contributed by atoms with Gasteiger partial charge in [-0.25, -0.2) is 0 Å². The highest BCUT2D eigenvalue weighted by atomic mass is 16.5. The maximum atomic E-state index is 12.1. The number of carbonyl (C=O) groups is 2. The Morgan fingerprint density at radius 1 is 1.07 bits per heavy atom. The molecule has 144 valence electrons. The van der Waals surface area contributed by atoms with Gasteiger partial charge in [-0.3, -0.25) is 9.59 Å². The molecule has 2 aromatic carbocycles. The van der Waals surface area contributed by atoms with Crippen molar-refractivity contribution in [3.05, 3.63) is 59.7 Å². The number of esters is 1. The van der Waals surface area contributed by atoms with Crippen LogP contribution in [0.15, 0.2) is 48.5 Å². The predicted molar refractivity (Wildman–Crippen MR) is 106 cm³/mol. The number of aryl methyl sites for hydroxylation is 1. The standard InChI is InChI=1S/C22H27NO4/c1-4-16(2)19-7-5-6-8-20(19)23-21(24)15-27-22(25)14-11-17-9-12-18(26-3)13-10-17/h5-10,12-13,16H,4,11,14-15H2,1-3H3,(H,23,24)/t16-/m0/s1. The zero-order valence-corrected chi connectivity index (χ0v) is 16.2. The van der Waals surface area contributed by atoms with Gasteiger partial charge < -0.3 is 14.8 Å². The first-order valence-electron chi connectivity index (χ1n) is 9.20. The topological polar surface area (TPSA) is 64.6 Å². The molecule has 1 amide bonds. The number of amides is 1. The first-order valence-corrected chi connectivity index (χ1v) is 9.20. The van der Waals surface area contributed by atoms with Crippen molar-refractivity contribution in [2.75, 3.05) is 19.0 Å². The largest absolute Gasteiger partial charge is 0.497 e. The number of hydrogen-bond acceptors (Lipinski definition) is 4. The minimum Gasteiger partial charge on any atom is -0.497 e. The van der Waals surface area contributed by atoms with Gasteiger partial charge in [0.1, 0.15) is 5.75 Å². The van der Waals surface area contributed by atoms with Crippen molar-refractivity contribution in [3.8, 4) is 5.75 Å². The first kappa shape index (κ1) is 20.5. The summed E-state index contributed by atoms with van der Waals surface area (Å²) in [4.78, 5) is 24.0. The normalized spacial score (nSPS) is 11.5. The summed E-state index contributed by atoms with van der Waals surface area (Å²) >= 11 is 0. The molecule has 0 fully saturated rings. The fraction of sp³-hybridized carbons (Fsp3) is 0.364. The molecule has 27 heavy (non-hydrogen) atoms. The molecular weight excluding hydrogens is 342 g/mol. The summed E-state index contributed by atoms with van der Waals surface area (Å²) < 4.78 is 10.2. The number of methoxy groups -OCH3 is 1. The molecule has 0 aliphatic heterocycles. The average molecular weight is 369 g/mol. The van der Waals surface area contributed by atoms with Crippen molar-refractivity contribution in [2.24, 2.45) is 0 Å². The lowest BCUT2D eigenvalue weighted by atomic mass is 9.97. The summed E-state index contributed by atoms with van der Waals surface area (Å²) in [6, 6.07) is 15.2. The summed E-state index contributed by atoms with van der Waals surface area (Å²) in [5.41, 5.74) is 2.87. The number of ether oxygens (including phenoxy) is 2. The molecule has 0 aliphatic rings. The molecule has 0 heterocycles. The van der Waals surface area contributed by atoms with E-state index in [9.17, 15) is 9.59 Å². The fourth-order valence-electron chi connectivity index (χ4n) is 2.70. The molecule has 2 rings (SSSR count). The number of anilines is 1. The molecule has 2 aromatic rings. The molecule has 5 heteroatoms. The van der Waals surface area contributed by atoms with Gasteiger partial charge in [0.05, 0.1) is 7.11 Å². The summed E-state index contributed by atoms with van der Waals surface area (Å²) in [5, 5.41) is 2.84.